The topological polar surface area (TPSA) is 65.9 Å². The molecule has 5 nitrogen and oxygen atoms in total. The van der Waals surface area contributed by atoms with Gasteiger partial charge in [0.15, 0.2) is 5.96 Å². The maximum Gasteiger partial charge on any atom is 0.191 e. The molecule has 3 N–H and O–H groups in total. The van der Waals surface area contributed by atoms with E-state index in [0.717, 1.165) is 64.4 Å². The van der Waals surface area contributed by atoms with Gasteiger partial charge in [0.25, 0.3) is 0 Å². The summed E-state index contributed by atoms with van der Waals surface area (Å²) in [5, 5.41) is 17.2. The van der Waals surface area contributed by atoms with Crippen molar-refractivity contribution in [3.8, 4) is 0 Å². The SMILES string of the molecule is CCNC(=NCC1(C)CCCCC1O)NCC1(SC)CCOCC1. The predicted molar refractivity (Wildman–Crippen MR) is 103 cm³/mol. The van der Waals surface area contributed by atoms with Crippen molar-refractivity contribution in [3.63, 3.8) is 0 Å². The Morgan fingerprint density at radius 1 is 1.25 bits per heavy atom. The number of hydrogen-bond acceptors (Lipinski definition) is 4. The first-order chi connectivity index (χ1) is 11.5. The van der Waals surface area contributed by atoms with E-state index in [0.29, 0.717) is 6.54 Å². The van der Waals surface area contributed by atoms with Crippen LogP contribution >= 0.6 is 11.8 Å². The van der Waals surface area contributed by atoms with Gasteiger partial charge in [-0.3, -0.25) is 4.99 Å². The number of ether oxygens (including phenoxy) is 1. The van der Waals surface area contributed by atoms with Gasteiger partial charge in [0.2, 0.25) is 0 Å². The van der Waals surface area contributed by atoms with Gasteiger partial charge in [-0.15, -0.1) is 0 Å². The average molecular weight is 358 g/mol. The van der Waals surface area contributed by atoms with E-state index in [9.17, 15) is 5.11 Å². The minimum atomic E-state index is -0.231. The summed E-state index contributed by atoms with van der Waals surface area (Å²) in [5.74, 6) is 0.872. The number of guanidine groups is 1. The Bertz CT molecular complexity index is 413. The van der Waals surface area contributed by atoms with Gasteiger partial charge in [-0.25, -0.2) is 0 Å². The third-order valence-electron chi connectivity index (χ3n) is 5.64. The molecule has 0 radical (unpaired) electrons. The van der Waals surface area contributed by atoms with Crippen molar-refractivity contribution in [1.82, 2.24) is 10.6 Å². The lowest BCUT2D eigenvalue weighted by Gasteiger charge is -2.38. The number of thioether (sulfide) groups is 1. The number of hydrogen-bond donors (Lipinski definition) is 3. The first-order valence-electron chi connectivity index (χ1n) is 9.37. The number of nitrogens with one attached hydrogen (secondary N) is 2. The molecule has 1 saturated carbocycles. The van der Waals surface area contributed by atoms with Crippen LogP contribution in [0.5, 0.6) is 0 Å². The molecular formula is C18H35N3O2S. The van der Waals surface area contributed by atoms with Crippen molar-refractivity contribution in [2.24, 2.45) is 10.4 Å². The first kappa shape index (κ1) is 19.9. The van der Waals surface area contributed by atoms with Crippen LogP contribution < -0.4 is 10.6 Å². The van der Waals surface area contributed by atoms with Crippen LogP contribution in [0.1, 0.15) is 52.4 Å². The van der Waals surface area contributed by atoms with E-state index in [-0.39, 0.29) is 16.3 Å². The van der Waals surface area contributed by atoms with Crippen molar-refractivity contribution in [2.45, 2.75) is 63.2 Å². The summed E-state index contributed by atoms with van der Waals surface area (Å²) >= 11 is 1.93. The first-order valence-corrected chi connectivity index (χ1v) is 10.6. The number of rotatable bonds is 6. The van der Waals surface area contributed by atoms with E-state index < -0.39 is 0 Å². The second kappa shape index (κ2) is 9.30. The quantitative estimate of drug-likeness (QED) is 0.503. The van der Waals surface area contributed by atoms with Crippen molar-refractivity contribution in [2.75, 3.05) is 39.1 Å². The van der Waals surface area contributed by atoms with Crippen LogP contribution in [0.25, 0.3) is 0 Å². The van der Waals surface area contributed by atoms with Gasteiger partial charge in [0.1, 0.15) is 0 Å². The Morgan fingerprint density at radius 3 is 2.62 bits per heavy atom. The Balaban J connectivity index is 1.95. The van der Waals surface area contributed by atoms with E-state index in [1.165, 1.54) is 6.42 Å². The van der Waals surface area contributed by atoms with E-state index >= 15 is 0 Å². The molecule has 2 aliphatic rings. The molecule has 24 heavy (non-hydrogen) atoms. The van der Waals surface area contributed by atoms with Crippen molar-refractivity contribution < 1.29 is 9.84 Å². The van der Waals surface area contributed by atoms with Crippen LogP contribution in [0.3, 0.4) is 0 Å². The molecule has 2 atom stereocenters. The van der Waals surface area contributed by atoms with Crippen LogP contribution in [-0.2, 0) is 4.74 Å². The van der Waals surface area contributed by atoms with Gasteiger partial charge >= 0.3 is 0 Å². The Morgan fingerprint density at radius 2 is 2.00 bits per heavy atom. The smallest absolute Gasteiger partial charge is 0.191 e. The Hall–Kier alpha value is -0.460. The lowest BCUT2D eigenvalue weighted by molar-refractivity contribution is 0.00715. The van der Waals surface area contributed by atoms with E-state index in [4.69, 9.17) is 9.73 Å². The number of nitrogens with zero attached hydrogens (tertiary/aromatic N) is 1. The normalized spacial score (nSPS) is 30.8. The lowest BCUT2D eigenvalue weighted by Crippen LogP contribution is -2.48. The highest BCUT2D eigenvalue weighted by Gasteiger charge is 2.35. The fourth-order valence-corrected chi connectivity index (χ4v) is 4.40. The van der Waals surface area contributed by atoms with Gasteiger partial charge in [0, 0.05) is 36.5 Å². The molecule has 2 unspecified atom stereocenters. The molecule has 1 saturated heterocycles. The van der Waals surface area contributed by atoms with Gasteiger partial charge in [0.05, 0.1) is 12.6 Å². The van der Waals surface area contributed by atoms with Gasteiger partial charge < -0.3 is 20.5 Å². The zero-order chi connectivity index (χ0) is 17.5. The van der Waals surface area contributed by atoms with E-state index in [1.54, 1.807) is 0 Å². The number of aliphatic hydroxyl groups is 1. The highest BCUT2D eigenvalue weighted by molar-refractivity contribution is 8.00. The van der Waals surface area contributed by atoms with Crippen LogP contribution in [0, 0.1) is 5.41 Å². The molecule has 0 spiro atoms. The number of aliphatic hydroxyl groups excluding tert-OH is 1. The van der Waals surface area contributed by atoms with Crippen LogP contribution in [-0.4, -0.2) is 61.0 Å². The molecule has 140 valence electrons. The van der Waals surface area contributed by atoms with E-state index in [1.807, 2.05) is 11.8 Å². The molecule has 2 rings (SSSR count). The molecule has 2 fully saturated rings. The Labute approximate surface area is 151 Å². The molecule has 1 heterocycles. The highest BCUT2D eigenvalue weighted by Crippen LogP contribution is 2.36. The third-order valence-corrected chi connectivity index (χ3v) is 7.06. The third kappa shape index (κ3) is 5.27. The van der Waals surface area contributed by atoms with Crippen LogP contribution in [0.15, 0.2) is 4.99 Å². The summed E-state index contributed by atoms with van der Waals surface area (Å²) < 4.78 is 5.76. The molecule has 0 bridgehead atoms. The van der Waals surface area contributed by atoms with Crippen molar-refractivity contribution in [1.29, 1.82) is 0 Å². The zero-order valence-corrected chi connectivity index (χ0v) is 16.4. The lowest BCUT2D eigenvalue weighted by atomic mass is 9.73. The maximum absolute atomic E-state index is 10.4. The highest BCUT2D eigenvalue weighted by atomic mass is 32.2. The van der Waals surface area contributed by atoms with Gasteiger partial charge in [-0.2, -0.15) is 11.8 Å². The fraction of sp³-hybridized carbons (Fsp3) is 0.944. The minimum absolute atomic E-state index is 0.0868. The molecule has 1 aliphatic carbocycles. The second-order valence-electron chi connectivity index (χ2n) is 7.46. The zero-order valence-electron chi connectivity index (χ0n) is 15.6. The molecule has 0 amide bonds. The largest absolute Gasteiger partial charge is 0.392 e. The van der Waals surface area contributed by atoms with Gasteiger partial charge in [-0.05, 0) is 38.9 Å². The summed E-state index contributed by atoms with van der Waals surface area (Å²) in [6.07, 6.45) is 8.42. The maximum atomic E-state index is 10.4. The predicted octanol–water partition coefficient (Wildman–Crippen LogP) is 2.39. The van der Waals surface area contributed by atoms with Crippen molar-refractivity contribution >= 4 is 17.7 Å². The summed E-state index contributed by atoms with van der Waals surface area (Å²) in [6, 6.07) is 0. The van der Waals surface area contributed by atoms with Gasteiger partial charge in [-0.1, -0.05) is 19.8 Å². The van der Waals surface area contributed by atoms with E-state index in [2.05, 4.69) is 30.7 Å². The second-order valence-corrected chi connectivity index (χ2v) is 8.74. The fourth-order valence-electron chi connectivity index (χ4n) is 3.61. The summed E-state index contributed by atoms with van der Waals surface area (Å²) in [5.41, 5.74) is -0.0868. The van der Waals surface area contributed by atoms with Crippen molar-refractivity contribution in [3.05, 3.63) is 0 Å². The van der Waals surface area contributed by atoms with Crippen LogP contribution in [0.2, 0.25) is 0 Å². The molecule has 1 aliphatic heterocycles. The monoisotopic (exact) mass is 357 g/mol. The molecular weight excluding hydrogens is 322 g/mol. The molecule has 0 aromatic heterocycles. The minimum Gasteiger partial charge on any atom is -0.392 e. The summed E-state index contributed by atoms with van der Waals surface area (Å²) in [7, 11) is 0. The average Bonchev–Trinajstić information content (AvgIpc) is 2.61. The van der Waals surface area contributed by atoms with Crippen LogP contribution in [0.4, 0.5) is 0 Å². The summed E-state index contributed by atoms with van der Waals surface area (Å²) in [4.78, 5) is 4.80. The Kier molecular flexibility index (Phi) is 7.69. The standard InChI is InChI=1S/C18H35N3O2S/c1-4-19-16(20-13-17(2)8-6-5-7-15(17)22)21-14-18(24-3)9-11-23-12-10-18/h15,22H,4-14H2,1-3H3,(H2,19,20,21). The number of aliphatic imine (C=N–C) groups is 1. The summed E-state index contributed by atoms with van der Waals surface area (Å²) in [6.45, 7) is 8.39. The molecule has 6 heteroatoms. The molecule has 0 aromatic rings. The molecule has 0 aromatic carbocycles.